The molecule has 3 heterocycles. The van der Waals surface area contributed by atoms with Crippen molar-refractivity contribution in [3.8, 4) is 0 Å². The number of carbonyl (C=O) groups excluding carboxylic acids is 2. The predicted molar refractivity (Wildman–Crippen MR) is 88.2 cm³/mol. The van der Waals surface area contributed by atoms with Gasteiger partial charge in [0.25, 0.3) is 0 Å². The zero-order chi connectivity index (χ0) is 16.2. The highest BCUT2D eigenvalue weighted by molar-refractivity contribution is 6.30. The van der Waals surface area contributed by atoms with Gasteiger partial charge in [-0.1, -0.05) is 11.6 Å². The molecule has 2 N–H and O–H groups in total. The minimum atomic E-state index is -0.0711. The van der Waals surface area contributed by atoms with E-state index in [1.54, 1.807) is 12.1 Å². The number of anilines is 1. The van der Waals surface area contributed by atoms with Crippen molar-refractivity contribution < 1.29 is 9.59 Å². The standard InChI is InChI=1S/C16H21ClN4O2/c17-13-1-2-14(19-10-13)20-15(22)11-4-7-21(8-5-11)16(23)12-3-6-18-9-12/h1-2,10-12,18H,3-9H2,(H,19,20,22). The Morgan fingerprint density at radius 2 is 2.00 bits per heavy atom. The van der Waals surface area contributed by atoms with E-state index in [0.717, 1.165) is 19.5 Å². The van der Waals surface area contributed by atoms with E-state index in [9.17, 15) is 9.59 Å². The van der Waals surface area contributed by atoms with E-state index < -0.39 is 0 Å². The minimum absolute atomic E-state index is 0.0329. The summed E-state index contributed by atoms with van der Waals surface area (Å²) in [5, 5.41) is 6.58. The number of halogens is 1. The number of carbonyl (C=O) groups is 2. The molecule has 0 aliphatic carbocycles. The lowest BCUT2D eigenvalue weighted by Gasteiger charge is -2.32. The number of hydrogen-bond acceptors (Lipinski definition) is 4. The summed E-state index contributed by atoms with van der Waals surface area (Å²) >= 11 is 5.78. The van der Waals surface area contributed by atoms with E-state index in [1.165, 1.54) is 6.20 Å². The van der Waals surface area contributed by atoms with Crippen LogP contribution in [0, 0.1) is 11.8 Å². The van der Waals surface area contributed by atoms with Crippen LogP contribution in [-0.2, 0) is 9.59 Å². The highest BCUT2D eigenvalue weighted by Gasteiger charge is 2.32. The minimum Gasteiger partial charge on any atom is -0.342 e. The number of pyridine rings is 1. The number of likely N-dealkylation sites (tertiary alicyclic amines) is 1. The van der Waals surface area contributed by atoms with E-state index >= 15 is 0 Å². The topological polar surface area (TPSA) is 74.3 Å². The summed E-state index contributed by atoms with van der Waals surface area (Å²) in [6.07, 6.45) is 3.83. The first kappa shape index (κ1) is 16.2. The van der Waals surface area contributed by atoms with Crippen LogP contribution in [0.15, 0.2) is 18.3 Å². The molecule has 0 radical (unpaired) electrons. The number of rotatable bonds is 3. The molecule has 0 saturated carbocycles. The van der Waals surface area contributed by atoms with Crippen molar-refractivity contribution in [2.24, 2.45) is 11.8 Å². The molecule has 1 unspecified atom stereocenters. The quantitative estimate of drug-likeness (QED) is 0.877. The summed E-state index contributed by atoms with van der Waals surface area (Å²) in [7, 11) is 0. The van der Waals surface area contributed by atoms with Gasteiger partial charge in [0.1, 0.15) is 5.82 Å². The highest BCUT2D eigenvalue weighted by Crippen LogP contribution is 2.22. The number of nitrogens with zero attached hydrogens (tertiary/aromatic N) is 2. The lowest BCUT2D eigenvalue weighted by molar-refractivity contribution is -0.137. The summed E-state index contributed by atoms with van der Waals surface area (Å²) in [6, 6.07) is 3.38. The summed E-state index contributed by atoms with van der Waals surface area (Å²) in [5.41, 5.74) is 0. The van der Waals surface area contributed by atoms with Crippen LogP contribution in [0.25, 0.3) is 0 Å². The SMILES string of the molecule is O=C(Nc1ccc(Cl)cn1)C1CCN(C(=O)C2CCNC2)CC1. The van der Waals surface area contributed by atoms with Crippen molar-refractivity contribution >= 4 is 29.2 Å². The Bertz CT molecular complexity index is 564. The fourth-order valence-corrected chi connectivity index (χ4v) is 3.28. The van der Waals surface area contributed by atoms with Gasteiger partial charge in [-0.05, 0) is 37.9 Å². The van der Waals surface area contributed by atoms with Gasteiger partial charge in [-0.3, -0.25) is 9.59 Å². The largest absolute Gasteiger partial charge is 0.342 e. The fraction of sp³-hybridized carbons (Fsp3) is 0.562. The van der Waals surface area contributed by atoms with Gasteiger partial charge >= 0.3 is 0 Å². The monoisotopic (exact) mass is 336 g/mol. The van der Waals surface area contributed by atoms with E-state index in [0.29, 0.717) is 36.8 Å². The third-order valence-corrected chi connectivity index (χ3v) is 4.79. The van der Waals surface area contributed by atoms with Crippen LogP contribution in [0.5, 0.6) is 0 Å². The molecule has 0 aromatic carbocycles. The van der Waals surface area contributed by atoms with Crippen LogP contribution in [0.1, 0.15) is 19.3 Å². The number of hydrogen-bond donors (Lipinski definition) is 2. The van der Waals surface area contributed by atoms with Crippen LogP contribution in [0.3, 0.4) is 0 Å². The number of piperidine rings is 1. The summed E-state index contributed by atoms with van der Waals surface area (Å²) in [6.45, 7) is 3.01. The van der Waals surface area contributed by atoms with Crippen LogP contribution in [-0.4, -0.2) is 47.9 Å². The van der Waals surface area contributed by atoms with Crippen molar-refractivity contribution in [1.29, 1.82) is 0 Å². The molecule has 2 fully saturated rings. The van der Waals surface area contributed by atoms with E-state index in [4.69, 9.17) is 11.6 Å². The highest BCUT2D eigenvalue weighted by atomic mass is 35.5. The van der Waals surface area contributed by atoms with Gasteiger partial charge in [0.05, 0.1) is 10.9 Å². The van der Waals surface area contributed by atoms with Crippen molar-refractivity contribution in [3.63, 3.8) is 0 Å². The van der Waals surface area contributed by atoms with E-state index in [2.05, 4.69) is 15.6 Å². The van der Waals surface area contributed by atoms with Crippen molar-refractivity contribution in [1.82, 2.24) is 15.2 Å². The van der Waals surface area contributed by atoms with Crippen molar-refractivity contribution in [2.45, 2.75) is 19.3 Å². The Balaban J connectivity index is 1.49. The van der Waals surface area contributed by atoms with E-state index in [-0.39, 0.29) is 23.7 Å². The molecule has 1 aromatic heterocycles. The fourth-order valence-electron chi connectivity index (χ4n) is 3.16. The molecule has 7 heteroatoms. The zero-order valence-electron chi connectivity index (χ0n) is 12.9. The molecular formula is C16H21ClN4O2. The maximum Gasteiger partial charge on any atom is 0.228 e. The molecule has 1 atom stereocenters. The Labute approximate surface area is 140 Å². The smallest absolute Gasteiger partial charge is 0.228 e. The lowest BCUT2D eigenvalue weighted by atomic mass is 9.94. The maximum atomic E-state index is 12.4. The molecule has 23 heavy (non-hydrogen) atoms. The molecule has 2 amide bonds. The first-order chi connectivity index (χ1) is 11.1. The lowest BCUT2D eigenvalue weighted by Crippen LogP contribution is -2.44. The molecule has 0 spiro atoms. The van der Waals surface area contributed by atoms with Crippen molar-refractivity contribution in [3.05, 3.63) is 23.4 Å². The molecule has 2 saturated heterocycles. The average molecular weight is 337 g/mol. The molecule has 0 bridgehead atoms. The van der Waals surface area contributed by atoms with Gasteiger partial charge in [0, 0.05) is 31.7 Å². The molecule has 3 rings (SSSR count). The van der Waals surface area contributed by atoms with Gasteiger partial charge < -0.3 is 15.5 Å². The van der Waals surface area contributed by atoms with Gasteiger partial charge in [0.2, 0.25) is 11.8 Å². The molecular weight excluding hydrogens is 316 g/mol. The van der Waals surface area contributed by atoms with Crippen LogP contribution < -0.4 is 10.6 Å². The normalized spacial score (nSPS) is 22.1. The second-order valence-electron chi connectivity index (χ2n) is 6.14. The molecule has 124 valence electrons. The van der Waals surface area contributed by atoms with Crippen molar-refractivity contribution in [2.75, 3.05) is 31.5 Å². The average Bonchev–Trinajstić information content (AvgIpc) is 3.11. The molecule has 2 aliphatic heterocycles. The van der Waals surface area contributed by atoms with E-state index in [1.807, 2.05) is 4.90 Å². The Morgan fingerprint density at radius 1 is 1.22 bits per heavy atom. The Kier molecular flexibility index (Phi) is 5.13. The zero-order valence-corrected chi connectivity index (χ0v) is 13.7. The number of amides is 2. The number of nitrogens with one attached hydrogen (secondary N) is 2. The third-order valence-electron chi connectivity index (χ3n) is 4.57. The Morgan fingerprint density at radius 3 is 2.61 bits per heavy atom. The second kappa shape index (κ2) is 7.27. The van der Waals surface area contributed by atoms with Gasteiger partial charge in [-0.2, -0.15) is 0 Å². The third kappa shape index (κ3) is 4.00. The van der Waals surface area contributed by atoms with Gasteiger partial charge in [-0.25, -0.2) is 4.98 Å². The first-order valence-corrected chi connectivity index (χ1v) is 8.43. The van der Waals surface area contributed by atoms with Crippen LogP contribution in [0.2, 0.25) is 5.02 Å². The molecule has 1 aromatic rings. The summed E-state index contributed by atoms with van der Waals surface area (Å²) in [4.78, 5) is 30.6. The maximum absolute atomic E-state index is 12.4. The predicted octanol–water partition coefficient (Wildman–Crippen LogP) is 1.52. The first-order valence-electron chi connectivity index (χ1n) is 8.05. The van der Waals surface area contributed by atoms with Crippen LogP contribution >= 0.6 is 11.6 Å². The Hall–Kier alpha value is -1.66. The molecule has 2 aliphatic rings. The molecule has 6 nitrogen and oxygen atoms in total. The van der Waals surface area contributed by atoms with Crippen LogP contribution in [0.4, 0.5) is 5.82 Å². The second-order valence-corrected chi connectivity index (χ2v) is 6.58. The summed E-state index contributed by atoms with van der Waals surface area (Å²) < 4.78 is 0. The van der Waals surface area contributed by atoms with Gasteiger partial charge in [-0.15, -0.1) is 0 Å². The summed E-state index contributed by atoms with van der Waals surface area (Å²) in [5.74, 6) is 0.745. The number of aromatic nitrogens is 1. The van der Waals surface area contributed by atoms with Gasteiger partial charge in [0.15, 0.2) is 0 Å².